The minimum atomic E-state index is 0.727. The zero-order valence-electron chi connectivity index (χ0n) is 10.9. The maximum absolute atomic E-state index is 11.1. The van der Waals surface area contributed by atoms with E-state index >= 15 is 0 Å². The highest BCUT2D eigenvalue weighted by Crippen LogP contribution is 2.25. The van der Waals surface area contributed by atoms with Gasteiger partial charge in [-0.1, -0.05) is 18.2 Å². The third kappa shape index (κ3) is 1.74. The predicted octanol–water partition coefficient (Wildman–Crippen LogP) is 3.45. The van der Waals surface area contributed by atoms with Crippen molar-refractivity contribution in [1.82, 2.24) is 9.55 Å². The van der Waals surface area contributed by atoms with E-state index in [2.05, 4.69) is 9.55 Å². The molecule has 19 heavy (non-hydrogen) atoms. The number of aromatic nitrogens is 2. The van der Waals surface area contributed by atoms with Crippen LogP contribution in [-0.2, 0) is 0 Å². The normalized spacial score (nSPS) is 10.8. The summed E-state index contributed by atoms with van der Waals surface area (Å²) >= 11 is 0. The van der Waals surface area contributed by atoms with E-state index < -0.39 is 0 Å². The maximum Gasteiger partial charge on any atom is 0.151 e. The number of para-hydroxylation sites is 1. The van der Waals surface area contributed by atoms with Crippen LogP contribution in [0.4, 0.5) is 0 Å². The number of benzene rings is 1. The van der Waals surface area contributed by atoms with Crippen LogP contribution < -0.4 is 0 Å². The van der Waals surface area contributed by atoms with Crippen molar-refractivity contribution < 1.29 is 4.79 Å². The van der Waals surface area contributed by atoms with Crippen LogP contribution >= 0.6 is 0 Å². The number of aldehydes is 1. The average Bonchev–Trinajstić information content (AvgIpc) is 2.73. The first kappa shape index (κ1) is 11.7. The van der Waals surface area contributed by atoms with Crippen LogP contribution in [-0.4, -0.2) is 15.8 Å². The molecule has 0 saturated carbocycles. The van der Waals surface area contributed by atoms with E-state index in [1.807, 2.05) is 50.2 Å². The predicted molar refractivity (Wildman–Crippen MR) is 75.9 cm³/mol. The summed E-state index contributed by atoms with van der Waals surface area (Å²) in [6.07, 6.45) is 2.69. The molecule has 3 nitrogen and oxygen atoms in total. The van der Waals surface area contributed by atoms with Gasteiger partial charge in [0.25, 0.3) is 0 Å². The molecule has 1 aromatic carbocycles. The summed E-state index contributed by atoms with van der Waals surface area (Å²) in [5.74, 6) is 0. The quantitative estimate of drug-likeness (QED) is 0.653. The Bertz CT molecular complexity index is 766. The molecule has 0 atom stereocenters. The van der Waals surface area contributed by atoms with Crippen LogP contribution in [0, 0.1) is 13.8 Å². The molecule has 0 spiro atoms. The fourth-order valence-electron chi connectivity index (χ4n) is 2.55. The van der Waals surface area contributed by atoms with Crippen molar-refractivity contribution in [2.24, 2.45) is 0 Å². The number of hydrogen-bond acceptors (Lipinski definition) is 2. The van der Waals surface area contributed by atoms with Crippen molar-refractivity contribution in [3.05, 3.63) is 59.5 Å². The van der Waals surface area contributed by atoms with Gasteiger partial charge in [-0.3, -0.25) is 9.78 Å². The SMILES string of the molecule is Cc1cc(C=O)c(C)n1-c1cccc2cccnc12. The molecule has 94 valence electrons. The highest BCUT2D eigenvalue weighted by Gasteiger charge is 2.12. The van der Waals surface area contributed by atoms with Gasteiger partial charge in [0, 0.05) is 28.5 Å². The van der Waals surface area contributed by atoms with Crippen molar-refractivity contribution in [3.8, 4) is 5.69 Å². The number of fused-ring (bicyclic) bond motifs is 1. The molecule has 2 heterocycles. The van der Waals surface area contributed by atoms with Gasteiger partial charge in [0.2, 0.25) is 0 Å². The lowest BCUT2D eigenvalue weighted by Crippen LogP contribution is -2.01. The van der Waals surface area contributed by atoms with Gasteiger partial charge in [0.15, 0.2) is 6.29 Å². The summed E-state index contributed by atoms with van der Waals surface area (Å²) in [4.78, 5) is 15.5. The Balaban J connectivity index is 2.37. The lowest BCUT2D eigenvalue weighted by atomic mass is 10.2. The fourth-order valence-corrected chi connectivity index (χ4v) is 2.55. The van der Waals surface area contributed by atoms with Crippen molar-refractivity contribution in [3.63, 3.8) is 0 Å². The molecule has 0 N–H and O–H groups in total. The number of aryl methyl sites for hydroxylation is 1. The standard InChI is InChI=1S/C16H14N2O/c1-11-9-14(10-19)12(2)18(11)15-7-3-5-13-6-4-8-17-16(13)15/h3-10H,1-2H3. The van der Waals surface area contributed by atoms with E-state index in [0.29, 0.717) is 0 Å². The summed E-state index contributed by atoms with van der Waals surface area (Å²) in [7, 11) is 0. The Kier molecular flexibility index (Phi) is 2.67. The van der Waals surface area contributed by atoms with Crippen molar-refractivity contribution >= 4 is 17.2 Å². The second-order valence-corrected chi connectivity index (χ2v) is 4.63. The number of hydrogen-bond donors (Lipinski definition) is 0. The summed E-state index contributed by atoms with van der Waals surface area (Å²) < 4.78 is 2.08. The van der Waals surface area contributed by atoms with Gasteiger partial charge in [0.05, 0.1) is 11.2 Å². The zero-order chi connectivity index (χ0) is 13.4. The second kappa shape index (κ2) is 4.35. The summed E-state index contributed by atoms with van der Waals surface area (Å²) in [5.41, 5.74) is 4.68. The molecule has 3 rings (SSSR count). The number of carbonyl (C=O) groups is 1. The topological polar surface area (TPSA) is 34.9 Å². The van der Waals surface area contributed by atoms with Crippen LogP contribution in [0.3, 0.4) is 0 Å². The van der Waals surface area contributed by atoms with E-state index in [1.54, 1.807) is 6.20 Å². The van der Waals surface area contributed by atoms with Crippen LogP contribution in [0.25, 0.3) is 16.6 Å². The molecular formula is C16H14N2O. The lowest BCUT2D eigenvalue weighted by molar-refractivity contribution is 0.112. The monoisotopic (exact) mass is 250 g/mol. The highest BCUT2D eigenvalue weighted by atomic mass is 16.1. The van der Waals surface area contributed by atoms with E-state index in [9.17, 15) is 4.79 Å². The van der Waals surface area contributed by atoms with Crippen LogP contribution in [0.1, 0.15) is 21.7 Å². The Morgan fingerprint density at radius 2 is 1.95 bits per heavy atom. The molecule has 3 heteroatoms. The highest BCUT2D eigenvalue weighted by molar-refractivity contribution is 5.87. The van der Waals surface area contributed by atoms with Crippen molar-refractivity contribution in [2.45, 2.75) is 13.8 Å². The Hall–Kier alpha value is -2.42. The van der Waals surface area contributed by atoms with E-state index in [4.69, 9.17) is 0 Å². The first-order valence-corrected chi connectivity index (χ1v) is 6.20. The fraction of sp³-hybridized carbons (Fsp3) is 0.125. The molecular weight excluding hydrogens is 236 g/mol. The minimum Gasteiger partial charge on any atom is -0.316 e. The zero-order valence-corrected chi connectivity index (χ0v) is 10.9. The van der Waals surface area contributed by atoms with Crippen LogP contribution in [0.2, 0.25) is 0 Å². The average molecular weight is 250 g/mol. The number of carbonyl (C=O) groups excluding carboxylic acids is 1. The minimum absolute atomic E-state index is 0.727. The Morgan fingerprint density at radius 1 is 1.16 bits per heavy atom. The molecule has 0 fully saturated rings. The van der Waals surface area contributed by atoms with Gasteiger partial charge in [-0.15, -0.1) is 0 Å². The molecule has 0 aliphatic rings. The molecule has 2 aromatic heterocycles. The summed E-state index contributed by atoms with van der Waals surface area (Å²) in [6.45, 7) is 3.96. The first-order chi connectivity index (χ1) is 9.22. The van der Waals surface area contributed by atoms with Gasteiger partial charge in [-0.2, -0.15) is 0 Å². The maximum atomic E-state index is 11.1. The largest absolute Gasteiger partial charge is 0.316 e. The summed E-state index contributed by atoms with van der Waals surface area (Å²) in [5, 5.41) is 1.10. The van der Waals surface area contributed by atoms with Crippen LogP contribution in [0.15, 0.2) is 42.6 Å². The number of pyridine rings is 1. The molecule has 0 saturated heterocycles. The molecule has 0 unspecified atom stereocenters. The molecule has 0 radical (unpaired) electrons. The molecule has 0 amide bonds. The lowest BCUT2D eigenvalue weighted by Gasteiger charge is -2.11. The van der Waals surface area contributed by atoms with Crippen molar-refractivity contribution in [2.75, 3.05) is 0 Å². The van der Waals surface area contributed by atoms with Crippen LogP contribution in [0.5, 0.6) is 0 Å². The second-order valence-electron chi connectivity index (χ2n) is 4.63. The molecule has 3 aromatic rings. The number of rotatable bonds is 2. The Morgan fingerprint density at radius 3 is 2.68 bits per heavy atom. The van der Waals surface area contributed by atoms with Gasteiger partial charge in [0.1, 0.15) is 0 Å². The number of nitrogens with zero attached hydrogens (tertiary/aromatic N) is 2. The molecule has 0 aliphatic carbocycles. The van der Waals surface area contributed by atoms with Gasteiger partial charge in [-0.05, 0) is 32.0 Å². The van der Waals surface area contributed by atoms with Gasteiger partial charge in [-0.25, -0.2) is 0 Å². The summed E-state index contributed by atoms with van der Waals surface area (Å²) in [6, 6.07) is 12.0. The first-order valence-electron chi connectivity index (χ1n) is 6.20. The van der Waals surface area contributed by atoms with Crippen molar-refractivity contribution in [1.29, 1.82) is 0 Å². The Labute approximate surface area is 111 Å². The van der Waals surface area contributed by atoms with Gasteiger partial charge < -0.3 is 4.57 Å². The molecule has 0 bridgehead atoms. The van der Waals surface area contributed by atoms with Gasteiger partial charge >= 0.3 is 0 Å². The van der Waals surface area contributed by atoms with E-state index in [-0.39, 0.29) is 0 Å². The van der Waals surface area contributed by atoms with E-state index in [1.165, 1.54) is 0 Å². The third-order valence-electron chi connectivity index (χ3n) is 3.45. The molecule has 0 aliphatic heterocycles. The van der Waals surface area contributed by atoms with E-state index in [0.717, 1.165) is 39.8 Å². The smallest absolute Gasteiger partial charge is 0.151 e. The third-order valence-corrected chi connectivity index (χ3v) is 3.45.